The Bertz CT molecular complexity index is 491. The van der Waals surface area contributed by atoms with Gasteiger partial charge in [-0.3, -0.25) is 4.79 Å². The smallest absolute Gasteiger partial charge is 0.223 e. The van der Waals surface area contributed by atoms with Crippen LogP contribution in [0.25, 0.3) is 0 Å². The zero-order chi connectivity index (χ0) is 15.9. The topological polar surface area (TPSA) is 59.6 Å². The number of benzene rings is 1. The predicted octanol–water partition coefficient (Wildman–Crippen LogP) is 2.57. The molecule has 0 spiro atoms. The van der Waals surface area contributed by atoms with E-state index in [4.69, 9.17) is 9.47 Å². The minimum absolute atomic E-state index is 0.180. The van der Waals surface area contributed by atoms with Crippen LogP contribution in [0.2, 0.25) is 0 Å². The molecule has 23 heavy (non-hydrogen) atoms. The van der Waals surface area contributed by atoms with Gasteiger partial charge in [0.25, 0.3) is 0 Å². The van der Waals surface area contributed by atoms with Crippen molar-refractivity contribution in [1.82, 2.24) is 5.32 Å². The van der Waals surface area contributed by atoms with Crippen molar-refractivity contribution in [2.75, 3.05) is 31.6 Å². The predicted molar refractivity (Wildman–Crippen MR) is 89.8 cm³/mol. The first-order valence-electron chi connectivity index (χ1n) is 8.67. The van der Waals surface area contributed by atoms with Crippen molar-refractivity contribution in [3.8, 4) is 5.75 Å². The van der Waals surface area contributed by atoms with Crippen LogP contribution in [0.3, 0.4) is 0 Å². The molecule has 1 aromatic rings. The Morgan fingerprint density at radius 3 is 2.61 bits per heavy atom. The van der Waals surface area contributed by atoms with E-state index in [1.54, 1.807) is 0 Å². The Labute approximate surface area is 137 Å². The van der Waals surface area contributed by atoms with Crippen molar-refractivity contribution in [3.05, 3.63) is 24.3 Å². The second-order valence-electron chi connectivity index (χ2n) is 6.33. The molecular weight excluding hydrogens is 292 g/mol. The van der Waals surface area contributed by atoms with Gasteiger partial charge in [0.05, 0.1) is 13.2 Å². The van der Waals surface area contributed by atoms with Crippen molar-refractivity contribution in [1.29, 1.82) is 0 Å². The van der Waals surface area contributed by atoms with Gasteiger partial charge >= 0.3 is 0 Å². The molecular formula is C18H26N2O3. The minimum Gasteiger partial charge on any atom is -0.488 e. The average Bonchev–Trinajstić information content (AvgIpc) is 3.26. The van der Waals surface area contributed by atoms with Crippen LogP contribution in [0.15, 0.2) is 24.3 Å². The number of anilines is 1. The molecule has 0 aromatic heterocycles. The highest BCUT2D eigenvalue weighted by molar-refractivity contribution is 5.78. The van der Waals surface area contributed by atoms with Gasteiger partial charge in [-0.2, -0.15) is 0 Å². The molecule has 2 N–H and O–H groups in total. The highest BCUT2D eigenvalue weighted by Crippen LogP contribution is 2.24. The molecule has 0 radical (unpaired) electrons. The van der Waals surface area contributed by atoms with Gasteiger partial charge in [0.15, 0.2) is 0 Å². The quantitative estimate of drug-likeness (QED) is 0.759. The monoisotopic (exact) mass is 318 g/mol. The van der Waals surface area contributed by atoms with Gasteiger partial charge in [-0.25, -0.2) is 0 Å². The van der Waals surface area contributed by atoms with Gasteiger partial charge in [0.2, 0.25) is 5.91 Å². The Hall–Kier alpha value is -1.75. The van der Waals surface area contributed by atoms with Crippen LogP contribution in [0, 0.1) is 5.92 Å². The second-order valence-corrected chi connectivity index (χ2v) is 6.33. The molecule has 5 nitrogen and oxygen atoms in total. The molecule has 2 aliphatic rings. The zero-order valence-corrected chi connectivity index (χ0v) is 13.6. The van der Waals surface area contributed by atoms with Crippen LogP contribution >= 0.6 is 0 Å². The fourth-order valence-corrected chi connectivity index (χ4v) is 3.17. The van der Waals surface area contributed by atoms with E-state index < -0.39 is 0 Å². The van der Waals surface area contributed by atoms with Gasteiger partial charge < -0.3 is 20.1 Å². The van der Waals surface area contributed by atoms with Crippen molar-refractivity contribution in [2.24, 2.45) is 5.92 Å². The second kappa shape index (κ2) is 8.20. The fourth-order valence-electron chi connectivity index (χ4n) is 3.17. The highest BCUT2D eigenvalue weighted by atomic mass is 16.5. The number of carbonyl (C=O) groups is 1. The molecule has 2 fully saturated rings. The molecule has 0 bridgehead atoms. The molecule has 3 rings (SSSR count). The third-order valence-electron chi connectivity index (χ3n) is 4.52. The summed E-state index contributed by atoms with van der Waals surface area (Å²) in [5.41, 5.74) is 1.04. The third kappa shape index (κ3) is 4.86. The normalized spacial score (nSPS) is 21.3. The summed E-state index contributed by atoms with van der Waals surface area (Å²) < 4.78 is 11.1. The maximum atomic E-state index is 11.9. The van der Waals surface area contributed by atoms with E-state index in [9.17, 15) is 4.79 Å². The summed E-state index contributed by atoms with van der Waals surface area (Å²) in [6.07, 6.45) is 5.62. The highest BCUT2D eigenvalue weighted by Gasteiger charge is 2.21. The summed E-state index contributed by atoms with van der Waals surface area (Å²) in [6, 6.07) is 7.95. The molecule has 1 aliphatic heterocycles. The number of rotatable bonds is 7. The summed E-state index contributed by atoms with van der Waals surface area (Å²) >= 11 is 0. The number of nitrogens with one attached hydrogen (secondary N) is 2. The van der Waals surface area contributed by atoms with Gasteiger partial charge in [-0.05, 0) is 37.1 Å². The maximum absolute atomic E-state index is 11.9. The Balaban J connectivity index is 1.34. The number of hydrogen-bond donors (Lipinski definition) is 2. The summed E-state index contributed by atoms with van der Waals surface area (Å²) in [5, 5.41) is 6.33. The van der Waals surface area contributed by atoms with Gasteiger partial charge in [-0.1, -0.05) is 12.8 Å². The first-order chi connectivity index (χ1) is 11.3. The summed E-state index contributed by atoms with van der Waals surface area (Å²) in [7, 11) is 0. The molecule has 5 heteroatoms. The van der Waals surface area contributed by atoms with Gasteiger partial charge in [0, 0.05) is 31.1 Å². The Kier molecular flexibility index (Phi) is 5.75. The molecule has 1 amide bonds. The van der Waals surface area contributed by atoms with Crippen LogP contribution in [0.1, 0.15) is 32.1 Å². The molecule has 1 heterocycles. The van der Waals surface area contributed by atoms with Crippen LogP contribution in [0.4, 0.5) is 5.69 Å². The van der Waals surface area contributed by atoms with Crippen molar-refractivity contribution in [2.45, 2.75) is 38.2 Å². The molecule has 0 unspecified atom stereocenters. The van der Waals surface area contributed by atoms with E-state index in [-0.39, 0.29) is 17.9 Å². The van der Waals surface area contributed by atoms with Crippen molar-refractivity contribution < 1.29 is 14.3 Å². The number of ether oxygens (including phenoxy) is 2. The number of hydrogen-bond acceptors (Lipinski definition) is 4. The van der Waals surface area contributed by atoms with Crippen LogP contribution in [0.5, 0.6) is 5.75 Å². The molecule has 1 saturated carbocycles. The minimum atomic E-state index is 0.180. The Morgan fingerprint density at radius 2 is 1.91 bits per heavy atom. The van der Waals surface area contributed by atoms with Crippen LogP contribution < -0.4 is 15.4 Å². The summed E-state index contributed by atoms with van der Waals surface area (Å²) in [5.74, 6) is 1.33. The van der Waals surface area contributed by atoms with E-state index in [1.807, 2.05) is 24.3 Å². The lowest BCUT2D eigenvalue weighted by molar-refractivity contribution is -0.124. The molecule has 1 aliphatic carbocycles. The van der Waals surface area contributed by atoms with E-state index in [1.165, 1.54) is 12.8 Å². The Morgan fingerprint density at radius 1 is 1.13 bits per heavy atom. The number of carbonyl (C=O) groups excluding carboxylic acids is 1. The lowest BCUT2D eigenvalue weighted by Crippen LogP contribution is -2.33. The lowest BCUT2D eigenvalue weighted by Gasteiger charge is -2.13. The van der Waals surface area contributed by atoms with E-state index >= 15 is 0 Å². The molecule has 126 valence electrons. The summed E-state index contributed by atoms with van der Waals surface area (Å²) in [6.45, 7) is 2.86. The zero-order valence-electron chi connectivity index (χ0n) is 13.6. The first-order valence-corrected chi connectivity index (χ1v) is 8.67. The average molecular weight is 318 g/mol. The van der Waals surface area contributed by atoms with E-state index in [0.29, 0.717) is 13.2 Å². The molecule has 1 saturated heterocycles. The first kappa shape index (κ1) is 16.1. The van der Waals surface area contributed by atoms with Crippen molar-refractivity contribution >= 4 is 11.6 Å². The molecule has 1 aromatic carbocycles. The van der Waals surface area contributed by atoms with E-state index in [2.05, 4.69) is 10.6 Å². The molecule has 1 atom stereocenters. The summed E-state index contributed by atoms with van der Waals surface area (Å²) in [4.78, 5) is 11.9. The standard InChI is InChI=1S/C18H26N2O3/c21-18(14-3-1-2-4-14)20-11-10-19-15-5-7-16(8-6-15)23-17-9-12-22-13-17/h5-8,14,17,19H,1-4,9-13H2,(H,20,21)/t17-/m1/s1. The van der Waals surface area contributed by atoms with Crippen LogP contribution in [-0.4, -0.2) is 38.3 Å². The largest absolute Gasteiger partial charge is 0.488 e. The lowest BCUT2D eigenvalue weighted by atomic mass is 10.1. The van der Waals surface area contributed by atoms with Gasteiger partial charge in [0.1, 0.15) is 11.9 Å². The van der Waals surface area contributed by atoms with Gasteiger partial charge in [-0.15, -0.1) is 0 Å². The SMILES string of the molecule is O=C(NCCNc1ccc(O[C@@H]2CCOC2)cc1)C1CCCC1. The third-order valence-corrected chi connectivity index (χ3v) is 4.52. The maximum Gasteiger partial charge on any atom is 0.223 e. The van der Waals surface area contributed by atoms with E-state index in [0.717, 1.165) is 43.9 Å². The number of amides is 1. The van der Waals surface area contributed by atoms with Crippen molar-refractivity contribution in [3.63, 3.8) is 0 Å². The fraction of sp³-hybridized carbons (Fsp3) is 0.611. The van der Waals surface area contributed by atoms with Crippen LogP contribution in [-0.2, 0) is 9.53 Å².